The highest BCUT2D eigenvalue weighted by atomic mass is 15.3. The van der Waals surface area contributed by atoms with Gasteiger partial charge in [0, 0.05) is 0 Å². The van der Waals surface area contributed by atoms with E-state index in [1.165, 1.54) is 217 Å². The zero-order valence-electron chi connectivity index (χ0n) is 29.2. The van der Waals surface area contributed by atoms with Gasteiger partial charge in [-0.3, -0.25) is 0 Å². The highest BCUT2D eigenvalue weighted by molar-refractivity contribution is 4.61. The van der Waals surface area contributed by atoms with Gasteiger partial charge in [0.25, 0.3) is 0 Å². The number of unbranched alkanes of at least 4 members (excludes halogenated alkanes) is 22. The van der Waals surface area contributed by atoms with Crippen molar-refractivity contribution in [1.29, 1.82) is 0 Å². The standard InChI is InChI=1S/C38H81N2/c1-6-10-14-18-22-27-33-39(34-28-23-19-15-11-7-2)35-29-26-32-38-40(5,36-30-24-20-16-12-8-3)37-31-25-21-17-13-9-4/h6-38H2,1-5H3/q+1. The molecule has 0 aromatic heterocycles. The summed E-state index contributed by atoms with van der Waals surface area (Å²) in [6, 6.07) is 0. The third-order valence-corrected chi connectivity index (χ3v) is 9.43. The molecule has 0 N–H and O–H groups in total. The molecule has 40 heavy (non-hydrogen) atoms. The van der Waals surface area contributed by atoms with Gasteiger partial charge in [0.2, 0.25) is 0 Å². The topological polar surface area (TPSA) is 3.24 Å². The predicted octanol–water partition coefficient (Wildman–Crippen LogP) is 12.3. The summed E-state index contributed by atoms with van der Waals surface area (Å²) in [5.74, 6) is 0. The first-order valence-electron chi connectivity index (χ1n) is 19.2. The summed E-state index contributed by atoms with van der Waals surface area (Å²) in [4.78, 5) is 2.85. The van der Waals surface area contributed by atoms with E-state index in [1.807, 2.05) is 0 Å². The van der Waals surface area contributed by atoms with Crippen LogP contribution in [0.1, 0.15) is 201 Å². The Morgan fingerprint density at radius 1 is 0.300 bits per heavy atom. The molecule has 0 bridgehead atoms. The maximum absolute atomic E-state index is 2.85. The van der Waals surface area contributed by atoms with Crippen LogP contribution < -0.4 is 0 Å². The zero-order valence-corrected chi connectivity index (χ0v) is 29.2. The van der Waals surface area contributed by atoms with Gasteiger partial charge < -0.3 is 9.38 Å². The molecular weight excluding hydrogens is 484 g/mol. The summed E-state index contributed by atoms with van der Waals surface area (Å²) in [6.07, 6.45) is 38.6. The fourth-order valence-electron chi connectivity index (χ4n) is 6.46. The van der Waals surface area contributed by atoms with Gasteiger partial charge in [-0.2, -0.15) is 0 Å². The first-order valence-corrected chi connectivity index (χ1v) is 19.2. The zero-order chi connectivity index (χ0) is 29.4. The highest BCUT2D eigenvalue weighted by Crippen LogP contribution is 2.16. The first-order chi connectivity index (χ1) is 19.6. The second-order valence-electron chi connectivity index (χ2n) is 13.8. The van der Waals surface area contributed by atoms with Crippen molar-refractivity contribution in [3.8, 4) is 0 Å². The Kier molecular flexibility index (Phi) is 31.8. The van der Waals surface area contributed by atoms with Gasteiger partial charge >= 0.3 is 0 Å². The number of hydrogen-bond donors (Lipinski definition) is 0. The molecule has 0 aromatic carbocycles. The molecule has 0 heterocycles. The van der Waals surface area contributed by atoms with Gasteiger partial charge in [0.15, 0.2) is 0 Å². The minimum absolute atomic E-state index is 1.35. The average Bonchev–Trinajstić information content (AvgIpc) is 2.95. The van der Waals surface area contributed by atoms with Crippen LogP contribution in [0, 0.1) is 0 Å². The highest BCUT2D eigenvalue weighted by Gasteiger charge is 2.20. The number of quaternary nitrogens is 1. The third kappa shape index (κ3) is 28.1. The van der Waals surface area contributed by atoms with Crippen molar-refractivity contribution in [1.82, 2.24) is 4.90 Å². The number of nitrogens with zero attached hydrogens (tertiary/aromatic N) is 2. The molecule has 0 saturated carbocycles. The van der Waals surface area contributed by atoms with Crippen LogP contribution in [-0.2, 0) is 0 Å². The molecule has 0 aromatic rings. The van der Waals surface area contributed by atoms with E-state index in [4.69, 9.17) is 0 Å². The van der Waals surface area contributed by atoms with Crippen molar-refractivity contribution >= 4 is 0 Å². The fourth-order valence-corrected chi connectivity index (χ4v) is 6.46. The predicted molar refractivity (Wildman–Crippen MR) is 185 cm³/mol. The minimum atomic E-state index is 1.35. The van der Waals surface area contributed by atoms with E-state index in [2.05, 4.69) is 39.6 Å². The van der Waals surface area contributed by atoms with Gasteiger partial charge in [-0.1, -0.05) is 143 Å². The summed E-state index contributed by atoms with van der Waals surface area (Å²) in [5.41, 5.74) is 0. The van der Waals surface area contributed by atoms with Crippen LogP contribution in [0.3, 0.4) is 0 Å². The van der Waals surface area contributed by atoms with Crippen LogP contribution in [0.4, 0.5) is 0 Å². The van der Waals surface area contributed by atoms with Crippen molar-refractivity contribution in [3.63, 3.8) is 0 Å². The molecule has 0 radical (unpaired) electrons. The van der Waals surface area contributed by atoms with E-state index in [9.17, 15) is 0 Å². The lowest BCUT2D eigenvalue weighted by molar-refractivity contribution is -0.910. The maximum Gasteiger partial charge on any atom is 0.0784 e. The summed E-state index contributed by atoms with van der Waals surface area (Å²) >= 11 is 0. The van der Waals surface area contributed by atoms with Crippen molar-refractivity contribution in [3.05, 3.63) is 0 Å². The van der Waals surface area contributed by atoms with Crippen molar-refractivity contribution in [2.45, 2.75) is 201 Å². The Labute approximate surface area is 256 Å². The Balaban J connectivity index is 4.46. The van der Waals surface area contributed by atoms with E-state index in [1.54, 1.807) is 0 Å². The smallest absolute Gasteiger partial charge is 0.0784 e. The molecule has 0 atom stereocenters. The monoisotopic (exact) mass is 566 g/mol. The molecule has 0 amide bonds. The van der Waals surface area contributed by atoms with Crippen LogP contribution in [0.25, 0.3) is 0 Å². The lowest BCUT2D eigenvalue weighted by atomic mass is 10.1. The SMILES string of the molecule is CCCCCCCCN(CCCCCCCC)CCCCC[N+](C)(CCCCCCCC)CCCCCCCC. The number of rotatable bonds is 34. The van der Waals surface area contributed by atoms with Crippen LogP contribution in [0.15, 0.2) is 0 Å². The molecule has 0 fully saturated rings. The van der Waals surface area contributed by atoms with Gasteiger partial charge in [0.05, 0.1) is 26.7 Å². The lowest BCUT2D eigenvalue weighted by Gasteiger charge is -2.35. The van der Waals surface area contributed by atoms with Crippen molar-refractivity contribution < 1.29 is 4.48 Å². The summed E-state index contributed by atoms with van der Waals surface area (Å²) < 4.78 is 1.35. The second-order valence-corrected chi connectivity index (χ2v) is 13.8. The molecule has 0 saturated heterocycles. The Hall–Kier alpha value is -0.0800. The molecule has 0 unspecified atom stereocenters. The van der Waals surface area contributed by atoms with Crippen molar-refractivity contribution in [2.75, 3.05) is 46.3 Å². The maximum atomic E-state index is 2.85. The molecule has 0 aliphatic carbocycles. The Morgan fingerprint density at radius 2 is 0.525 bits per heavy atom. The Bertz CT molecular complexity index is 430. The molecule has 2 nitrogen and oxygen atoms in total. The summed E-state index contributed by atoms with van der Waals surface area (Å²) in [5, 5.41) is 0. The molecular formula is C38H81N2+. The summed E-state index contributed by atoms with van der Waals surface area (Å²) in [7, 11) is 2.60. The van der Waals surface area contributed by atoms with E-state index in [0.29, 0.717) is 0 Å². The van der Waals surface area contributed by atoms with E-state index in [-0.39, 0.29) is 0 Å². The van der Waals surface area contributed by atoms with Gasteiger partial charge in [-0.05, 0) is 77.4 Å². The molecule has 0 spiro atoms. The normalized spacial score (nSPS) is 12.2. The van der Waals surface area contributed by atoms with Gasteiger partial charge in [-0.15, -0.1) is 0 Å². The molecule has 2 heteroatoms. The second kappa shape index (κ2) is 31.8. The number of hydrogen-bond acceptors (Lipinski definition) is 1. The average molecular weight is 566 g/mol. The van der Waals surface area contributed by atoms with Crippen LogP contribution in [0.2, 0.25) is 0 Å². The quantitative estimate of drug-likeness (QED) is 0.0554. The van der Waals surface area contributed by atoms with E-state index >= 15 is 0 Å². The molecule has 0 aliphatic rings. The lowest BCUT2D eigenvalue weighted by Crippen LogP contribution is -2.46. The molecule has 0 aliphatic heterocycles. The minimum Gasteiger partial charge on any atom is -0.326 e. The molecule has 242 valence electrons. The Morgan fingerprint density at radius 3 is 0.825 bits per heavy atom. The third-order valence-electron chi connectivity index (χ3n) is 9.43. The largest absolute Gasteiger partial charge is 0.326 e. The molecule has 0 rings (SSSR count). The van der Waals surface area contributed by atoms with E-state index < -0.39 is 0 Å². The fraction of sp³-hybridized carbons (Fsp3) is 1.00. The summed E-state index contributed by atoms with van der Waals surface area (Å²) in [6.45, 7) is 17.6. The first kappa shape index (κ1) is 39.9. The van der Waals surface area contributed by atoms with Crippen LogP contribution in [0.5, 0.6) is 0 Å². The van der Waals surface area contributed by atoms with Crippen molar-refractivity contribution in [2.24, 2.45) is 0 Å². The van der Waals surface area contributed by atoms with Gasteiger partial charge in [0.1, 0.15) is 0 Å². The van der Waals surface area contributed by atoms with Crippen LogP contribution >= 0.6 is 0 Å². The van der Waals surface area contributed by atoms with E-state index in [0.717, 1.165) is 0 Å². The van der Waals surface area contributed by atoms with Crippen LogP contribution in [-0.4, -0.2) is 55.7 Å². The van der Waals surface area contributed by atoms with Gasteiger partial charge in [-0.25, -0.2) is 0 Å².